The third-order valence-corrected chi connectivity index (χ3v) is 4.14. The number of carbonyl (C=O) groups is 1. The van der Waals surface area contributed by atoms with Gasteiger partial charge in [-0.25, -0.2) is 0 Å². The van der Waals surface area contributed by atoms with Gasteiger partial charge in [-0.05, 0) is 34.7 Å². The number of fused-ring (bicyclic) bond motifs is 1. The first-order valence-corrected chi connectivity index (χ1v) is 8.59. The maximum absolute atomic E-state index is 11.2. The molecule has 0 spiro atoms. The van der Waals surface area contributed by atoms with Gasteiger partial charge in [0, 0.05) is 13.0 Å². The molecule has 0 heterocycles. The molecule has 0 saturated carbocycles. The third-order valence-electron chi connectivity index (χ3n) is 4.14. The van der Waals surface area contributed by atoms with Crippen molar-refractivity contribution >= 4 is 16.7 Å². The van der Waals surface area contributed by atoms with Gasteiger partial charge in [0.25, 0.3) is 0 Å². The van der Waals surface area contributed by atoms with Crippen LogP contribution in [0.5, 0.6) is 17.2 Å². The molecule has 5 heteroatoms. The van der Waals surface area contributed by atoms with Crippen molar-refractivity contribution in [3.05, 3.63) is 65.7 Å². The minimum absolute atomic E-state index is 0.173. The number of rotatable bonds is 7. The van der Waals surface area contributed by atoms with E-state index < -0.39 is 0 Å². The number of ether oxygens (including phenoxy) is 4. The number of hydrogen-bond donors (Lipinski definition) is 0. The maximum atomic E-state index is 11.2. The second kappa shape index (κ2) is 8.45. The van der Waals surface area contributed by atoms with Crippen LogP contribution in [0, 0.1) is 0 Å². The molecular formula is C22H22O5. The lowest BCUT2D eigenvalue weighted by Crippen LogP contribution is -2.02. The molecule has 0 bridgehead atoms. The summed E-state index contributed by atoms with van der Waals surface area (Å²) >= 11 is 0. The van der Waals surface area contributed by atoms with Gasteiger partial charge in [0.1, 0.15) is 30.5 Å². The normalized spacial score (nSPS) is 10.5. The predicted molar refractivity (Wildman–Crippen MR) is 103 cm³/mol. The molecule has 0 amide bonds. The van der Waals surface area contributed by atoms with Gasteiger partial charge in [-0.2, -0.15) is 0 Å². The van der Waals surface area contributed by atoms with E-state index in [2.05, 4.69) is 0 Å². The lowest BCUT2D eigenvalue weighted by Gasteiger charge is -2.16. The molecule has 0 unspecified atom stereocenters. The molecule has 0 saturated heterocycles. The lowest BCUT2D eigenvalue weighted by atomic mass is 10.0. The minimum atomic E-state index is -0.329. The summed E-state index contributed by atoms with van der Waals surface area (Å²) in [7, 11) is 3.22. The third kappa shape index (κ3) is 4.50. The summed E-state index contributed by atoms with van der Waals surface area (Å²) in [5.41, 5.74) is 1.89. The topological polar surface area (TPSA) is 54.0 Å². The standard InChI is InChI=1S/C22H22O5/c1-15(23)26-14-17-9-18-11-19(24-2)12-20(25-3)22(18)21(10-17)27-13-16-7-5-4-6-8-16/h4-12H,13-14H2,1-3H3. The molecule has 27 heavy (non-hydrogen) atoms. The number of benzene rings is 3. The van der Waals surface area contributed by atoms with E-state index in [0.717, 1.165) is 21.9 Å². The van der Waals surface area contributed by atoms with Gasteiger partial charge in [-0.1, -0.05) is 30.3 Å². The van der Waals surface area contributed by atoms with Crippen molar-refractivity contribution in [3.8, 4) is 17.2 Å². The zero-order valence-electron chi connectivity index (χ0n) is 15.7. The Hall–Kier alpha value is -3.21. The highest BCUT2D eigenvalue weighted by Gasteiger charge is 2.14. The van der Waals surface area contributed by atoms with Crippen LogP contribution < -0.4 is 14.2 Å². The summed E-state index contributed by atoms with van der Waals surface area (Å²) in [6, 6.07) is 17.5. The summed E-state index contributed by atoms with van der Waals surface area (Å²) in [5.74, 6) is 1.67. The number of esters is 1. The lowest BCUT2D eigenvalue weighted by molar-refractivity contribution is -0.142. The number of hydrogen-bond acceptors (Lipinski definition) is 5. The van der Waals surface area contributed by atoms with E-state index in [4.69, 9.17) is 18.9 Å². The minimum Gasteiger partial charge on any atom is -0.497 e. The second-order valence-corrected chi connectivity index (χ2v) is 6.08. The molecule has 0 N–H and O–H groups in total. The molecule has 140 valence electrons. The van der Waals surface area contributed by atoms with Crippen LogP contribution in [0.2, 0.25) is 0 Å². The predicted octanol–water partition coefficient (Wildman–Crippen LogP) is 4.50. The largest absolute Gasteiger partial charge is 0.497 e. The number of carbonyl (C=O) groups excluding carboxylic acids is 1. The Morgan fingerprint density at radius 1 is 0.852 bits per heavy atom. The highest BCUT2D eigenvalue weighted by atomic mass is 16.5. The van der Waals surface area contributed by atoms with Crippen LogP contribution in [0.4, 0.5) is 0 Å². The van der Waals surface area contributed by atoms with E-state index in [0.29, 0.717) is 23.9 Å². The first kappa shape index (κ1) is 18.6. The summed E-state index contributed by atoms with van der Waals surface area (Å²) in [6.07, 6.45) is 0. The Morgan fingerprint density at radius 3 is 2.30 bits per heavy atom. The van der Waals surface area contributed by atoms with E-state index in [-0.39, 0.29) is 12.6 Å². The van der Waals surface area contributed by atoms with Gasteiger partial charge in [-0.3, -0.25) is 4.79 Å². The van der Waals surface area contributed by atoms with Crippen LogP contribution in [0.15, 0.2) is 54.6 Å². The average Bonchev–Trinajstić information content (AvgIpc) is 2.70. The molecule has 0 fully saturated rings. The molecule has 0 radical (unpaired) electrons. The van der Waals surface area contributed by atoms with Crippen molar-refractivity contribution in [3.63, 3.8) is 0 Å². The fourth-order valence-electron chi connectivity index (χ4n) is 2.87. The van der Waals surface area contributed by atoms with E-state index in [1.807, 2.05) is 54.6 Å². The Bertz CT molecular complexity index is 934. The van der Waals surface area contributed by atoms with Crippen molar-refractivity contribution in [2.45, 2.75) is 20.1 Å². The van der Waals surface area contributed by atoms with Crippen LogP contribution in [-0.4, -0.2) is 20.2 Å². The summed E-state index contributed by atoms with van der Waals surface area (Å²) in [4.78, 5) is 11.2. The molecule has 3 rings (SSSR count). The van der Waals surface area contributed by atoms with Crippen molar-refractivity contribution in [2.75, 3.05) is 14.2 Å². The van der Waals surface area contributed by atoms with Crippen LogP contribution in [0.25, 0.3) is 10.8 Å². The SMILES string of the molecule is COc1cc(OC)c2c(OCc3ccccc3)cc(COC(C)=O)cc2c1. The van der Waals surface area contributed by atoms with Crippen LogP contribution in [-0.2, 0) is 22.7 Å². The Labute approximate surface area is 158 Å². The Kier molecular flexibility index (Phi) is 5.81. The average molecular weight is 366 g/mol. The molecule has 0 aromatic heterocycles. The summed E-state index contributed by atoms with van der Waals surface area (Å²) in [6.45, 7) is 1.98. The fourth-order valence-corrected chi connectivity index (χ4v) is 2.87. The summed E-state index contributed by atoms with van der Waals surface area (Å²) in [5, 5.41) is 1.74. The first-order valence-electron chi connectivity index (χ1n) is 8.59. The van der Waals surface area contributed by atoms with Gasteiger partial charge in [0.15, 0.2) is 0 Å². The van der Waals surface area contributed by atoms with E-state index in [1.165, 1.54) is 6.92 Å². The van der Waals surface area contributed by atoms with Crippen LogP contribution in [0.1, 0.15) is 18.1 Å². The molecule has 3 aromatic rings. The Morgan fingerprint density at radius 2 is 1.63 bits per heavy atom. The maximum Gasteiger partial charge on any atom is 0.302 e. The zero-order chi connectivity index (χ0) is 19.2. The molecule has 0 aliphatic heterocycles. The van der Waals surface area contributed by atoms with Crippen LogP contribution in [0.3, 0.4) is 0 Å². The molecule has 0 atom stereocenters. The first-order chi connectivity index (χ1) is 13.1. The molecule has 3 aromatic carbocycles. The van der Waals surface area contributed by atoms with Crippen molar-refractivity contribution in [2.24, 2.45) is 0 Å². The molecule has 0 aliphatic rings. The molecular weight excluding hydrogens is 344 g/mol. The quantitative estimate of drug-likeness (QED) is 0.576. The van der Waals surface area contributed by atoms with Crippen molar-refractivity contribution in [1.82, 2.24) is 0 Å². The highest BCUT2D eigenvalue weighted by Crippen LogP contribution is 2.39. The van der Waals surface area contributed by atoms with Crippen molar-refractivity contribution < 1.29 is 23.7 Å². The zero-order valence-corrected chi connectivity index (χ0v) is 15.7. The molecule has 5 nitrogen and oxygen atoms in total. The van der Waals surface area contributed by atoms with Gasteiger partial charge < -0.3 is 18.9 Å². The van der Waals surface area contributed by atoms with E-state index in [9.17, 15) is 4.79 Å². The Balaban J connectivity index is 2.04. The van der Waals surface area contributed by atoms with E-state index >= 15 is 0 Å². The monoisotopic (exact) mass is 366 g/mol. The molecule has 0 aliphatic carbocycles. The van der Waals surface area contributed by atoms with Crippen molar-refractivity contribution in [1.29, 1.82) is 0 Å². The van der Waals surface area contributed by atoms with Gasteiger partial charge >= 0.3 is 5.97 Å². The fraction of sp³-hybridized carbons (Fsp3) is 0.227. The summed E-state index contributed by atoms with van der Waals surface area (Å²) < 4.78 is 22.2. The highest BCUT2D eigenvalue weighted by molar-refractivity contribution is 5.95. The van der Waals surface area contributed by atoms with Crippen LogP contribution >= 0.6 is 0 Å². The van der Waals surface area contributed by atoms with E-state index in [1.54, 1.807) is 14.2 Å². The van der Waals surface area contributed by atoms with Gasteiger partial charge in [0.2, 0.25) is 0 Å². The second-order valence-electron chi connectivity index (χ2n) is 6.08. The smallest absolute Gasteiger partial charge is 0.302 e. The van der Waals surface area contributed by atoms with Gasteiger partial charge in [-0.15, -0.1) is 0 Å². The number of methoxy groups -OCH3 is 2. The van der Waals surface area contributed by atoms with Gasteiger partial charge in [0.05, 0.1) is 19.6 Å².